The maximum atomic E-state index is 12.2. The van der Waals surface area contributed by atoms with E-state index < -0.39 is 5.76 Å². The van der Waals surface area contributed by atoms with E-state index in [9.17, 15) is 14.4 Å². The molecule has 27 heavy (non-hydrogen) atoms. The van der Waals surface area contributed by atoms with Gasteiger partial charge in [-0.25, -0.2) is 4.79 Å². The first-order valence-corrected chi connectivity index (χ1v) is 8.42. The van der Waals surface area contributed by atoms with Gasteiger partial charge in [-0.1, -0.05) is 30.3 Å². The number of benzene rings is 2. The molecule has 0 bridgehead atoms. The number of nitrogens with zero attached hydrogens (tertiary/aromatic N) is 1. The van der Waals surface area contributed by atoms with Gasteiger partial charge in [0.25, 0.3) is 0 Å². The molecule has 1 heterocycles. The summed E-state index contributed by atoms with van der Waals surface area (Å²) in [5, 5.41) is 5.83. The molecular formula is C19H16ClN3O4. The first-order chi connectivity index (χ1) is 13.0. The second-order valence-corrected chi connectivity index (χ2v) is 6.17. The summed E-state index contributed by atoms with van der Waals surface area (Å²) >= 11 is 5.87. The number of carbonyl (C=O) groups excluding carboxylic acids is 2. The number of hydrogen-bond acceptors (Lipinski definition) is 4. The molecule has 0 fully saturated rings. The minimum Gasteiger partial charge on any atom is -0.408 e. The lowest BCUT2D eigenvalue weighted by Crippen LogP contribution is -2.30. The Kier molecular flexibility index (Phi) is 5.42. The van der Waals surface area contributed by atoms with Gasteiger partial charge in [0.15, 0.2) is 5.58 Å². The number of amides is 2. The van der Waals surface area contributed by atoms with Crippen molar-refractivity contribution in [3.8, 4) is 0 Å². The quantitative estimate of drug-likeness (QED) is 0.638. The van der Waals surface area contributed by atoms with Crippen LogP contribution in [-0.4, -0.2) is 16.4 Å². The lowest BCUT2D eigenvalue weighted by atomic mass is 10.2. The summed E-state index contributed by atoms with van der Waals surface area (Å²) in [6, 6.07) is 11.8. The molecule has 0 unspecified atom stereocenters. The number of oxazole rings is 1. The largest absolute Gasteiger partial charge is 0.420 e. The highest BCUT2D eigenvalue weighted by Gasteiger charge is 2.13. The fourth-order valence-corrected chi connectivity index (χ4v) is 2.65. The fourth-order valence-electron chi connectivity index (χ4n) is 2.49. The number of carbonyl (C=O) groups is 2. The van der Waals surface area contributed by atoms with E-state index in [1.165, 1.54) is 16.7 Å². The van der Waals surface area contributed by atoms with E-state index in [1.807, 2.05) is 0 Å². The Bertz CT molecular complexity index is 1070. The van der Waals surface area contributed by atoms with E-state index in [1.54, 1.807) is 36.4 Å². The molecule has 3 aromatic rings. The molecule has 0 saturated carbocycles. The Morgan fingerprint density at radius 1 is 1.19 bits per heavy atom. The molecule has 0 atom stereocenters. The third-order valence-corrected chi connectivity index (χ3v) is 4.06. The van der Waals surface area contributed by atoms with Crippen LogP contribution in [0.4, 0.5) is 5.69 Å². The zero-order valence-electron chi connectivity index (χ0n) is 14.2. The molecule has 1 aromatic heterocycles. The highest BCUT2D eigenvalue weighted by Crippen LogP contribution is 2.18. The first kappa shape index (κ1) is 18.5. The molecule has 0 spiro atoms. The van der Waals surface area contributed by atoms with Crippen molar-refractivity contribution in [3.63, 3.8) is 0 Å². The fraction of sp³-hybridized carbons (Fsp3) is 0.105. The molecule has 0 radical (unpaired) electrons. The SMILES string of the molecule is C=CC(=O)Nc1ccc(CNC(=O)Cn2c(=O)oc3cc(Cl)ccc32)cc1. The van der Waals surface area contributed by atoms with Crippen LogP contribution in [0.25, 0.3) is 11.1 Å². The monoisotopic (exact) mass is 385 g/mol. The van der Waals surface area contributed by atoms with E-state index >= 15 is 0 Å². The number of aromatic nitrogens is 1. The lowest BCUT2D eigenvalue weighted by Gasteiger charge is -2.07. The number of anilines is 1. The average molecular weight is 386 g/mol. The van der Waals surface area contributed by atoms with Gasteiger partial charge in [-0.2, -0.15) is 0 Å². The second kappa shape index (κ2) is 7.92. The highest BCUT2D eigenvalue weighted by atomic mass is 35.5. The van der Waals surface area contributed by atoms with Crippen LogP contribution in [-0.2, 0) is 22.7 Å². The van der Waals surface area contributed by atoms with Crippen LogP contribution < -0.4 is 16.4 Å². The number of halogens is 1. The van der Waals surface area contributed by atoms with E-state index in [4.69, 9.17) is 16.0 Å². The Balaban J connectivity index is 1.62. The van der Waals surface area contributed by atoms with E-state index in [0.717, 1.165) is 5.56 Å². The number of rotatable bonds is 6. The van der Waals surface area contributed by atoms with E-state index in [2.05, 4.69) is 17.2 Å². The van der Waals surface area contributed by atoms with Gasteiger partial charge in [-0.15, -0.1) is 0 Å². The van der Waals surface area contributed by atoms with Crippen LogP contribution in [0.1, 0.15) is 5.56 Å². The summed E-state index contributed by atoms with van der Waals surface area (Å²) in [5.74, 6) is -1.25. The van der Waals surface area contributed by atoms with Crippen LogP contribution in [0.5, 0.6) is 0 Å². The van der Waals surface area contributed by atoms with Gasteiger partial charge in [-0.05, 0) is 35.9 Å². The normalized spacial score (nSPS) is 10.6. The van der Waals surface area contributed by atoms with Crippen LogP contribution in [0, 0.1) is 0 Å². The predicted octanol–water partition coefficient (Wildman–Crippen LogP) is 2.69. The van der Waals surface area contributed by atoms with Gasteiger partial charge in [-0.3, -0.25) is 14.2 Å². The number of hydrogen-bond donors (Lipinski definition) is 2. The zero-order valence-corrected chi connectivity index (χ0v) is 15.0. The molecule has 2 amide bonds. The van der Waals surface area contributed by atoms with Crippen molar-refractivity contribution in [2.75, 3.05) is 5.32 Å². The maximum Gasteiger partial charge on any atom is 0.420 e. The van der Waals surface area contributed by atoms with Crippen molar-refractivity contribution < 1.29 is 14.0 Å². The summed E-state index contributed by atoms with van der Waals surface area (Å²) in [7, 11) is 0. The molecular weight excluding hydrogens is 370 g/mol. The van der Waals surface area contributed by atoms with Crippen LogP contribution in [0.2, 0.25) is 5.02 Å². The Labute approximate surface area is 159 Å². The first-order valence-electron chi connectivity index (χ1n) is 8.04. The van der Waals surface area contributed by atoms with Gasteiger partial charge in [0.2, 0.25) is 11.8 Å². The van der Waals surface area contributed by atoms with Crippen molar-refractivity contribution in [2.45, 2.75) is 13.1 Å². The Morgan fingerprint density at radius 3 is 2.63 bits per heavy atom. The van der Waals surface area contributed by atoms with Crippen molar-refractivity contribution in [3.05, 3.63) is 76.3 Å². The van der Waals surface area contributed by atoms with Crippen LogP contribution in [0.15, 0.2) is 64.3 Å². The van der Waals surface area contributed by atoms with Gasteiger partial charge in [0.1, 0.15) is 6.54 Å². The predicted molar refractivity (Wildman–Crippen MR) is 103 cm³/mol. The molecule has 7 nitrogen and oxygen atoms in total. The molecule has 8 heteroatoms. The average Bonchev–Trinajstić information content (AvgIpc) is 2.95. The molecule has 0 aliphatic rings. The summed E-state index contributed by atoms with van der Waals surface area (Å²) < 4.78 is 6.34. The zero-order chi connectivity index (χ0) is 19.4. The molecule has 0 aliphatic carbocycles. The molecule has 2 aromatic carbocycles. The summed E-state index contributed by atoms with van der Waals surface area (Å²) in [6.07, 6.45) is 1.18. The van der Waals surface area contributed by atoms with E-state index in [-0.39, 0.29) is 24.9 Å². The van der Waals surface area contributed by atoms with Crippen molar-refractivity contribution in [1.29, 1.82) is 0 Å². The molecule has 0 saturated heterocycles. The smallest absolute Gasteiger partial charge is 0.408 e. The topological polar surface area (TPSA) is 93.3 Å². The van der Waals surface area contributed by atoms with Crippen molar-refractivity contribution in [2.24, 2.45) is 0 Å². The second-order valence-electron chi connectivity index (χ2n) is 5.73. The van der Waals surface area contributed by atoms with Gasteiger partial charge in [0, 0.05) is 23.3 Å². The number of fused-ring (bicyclic) bond motifs is 1. The summed E-state index contributed by atoms with van der Waals surface area (Å²) in [4.78, 5) is 35.4. The van der Waals surface area contributed by atoms with Gasteiger partial charge >= 0.3 is 5.76 Å². The molecule has 138 valence electrons. The third-order valence-electron chi connectivity index (χ3n) is 3.83. The molecule has 0 aliphatic heterocycles. The minimum atomic E-state index is -0.621. The maximum absolute atomic E-state index is 12.2. The van der Waals surface area contributed by atoms with Crippen molar-refractivity contribution in [1.82, 2.24) is 9.88 Å². The Hall–Kier alpha value is -3.32. The highest BCUT2D eigenvalue weighted by molar-refractivity contribution is 6.31. The van der Waals surface area contributed by atoms with Crippen LogP contribution >= 0.6 is 11.6 Å². The Morgan fingerprint density at radius 2 is 1.93 bits per heavy atom. The molecule has 2 N–H and O–H groups in total. The standard InChI is InChI=1S/C19H16ClN3O4/c1-2-17(24)22-14-6-3-12(4-7-14)10-21-18(25)11-23-15-8-5-13(20)9-16(15)27-19(23)26/h2-9H,1,10-11H2,(H,21,25)(H,22,24). The van der Waals surface area contributed by atoms with E-state index in [0.29, 0.717) is 21.8 Å². The number of nitrogens with one attached hydrogen (secondary N) is 2. The summed E-state index contributed by atoms with van der Waals surface area (Å²) in [5.41, 5.74) is 2.31. The van der Waals surface area contributed by atoms with Gasteiger partial charge in [0.05, 0.1) is 5.52 Å². The minimum absolute atomic E-state index is 0.166. The lowest BCUT2D eigenvalue weighted by molar-refractivity contribution is -0.121. The molecule has 3 rings (SSSR count). The van der Waals surface area contributed by atoms with Crippen molar-refractivity contribution >= 4 is 40.2 Å². The third kappa shape index (κ3) is 4.45. The van der Waals surface area contributed by atoms with Crippen LogP contribution in [0.3, 0.4) is 0 Å². The summed E-state index contributed by atoms with van der Waals surface area (Å²) in [6.45, 7) is 3.50. The van der Waals surface area contributed by atoms with Gasteiger partial charge < -0.3 is 15.1 Å².